The number of phenols is 1. The number of rotatable bonds is 3. The third-order valence-electron chi connectivity index (χ3n) is 2.03. The Morgan fingerprint density at radius 3 is 2.83 bits per heavy atom. The van der Waals surface area contributed by atoms with Gasteiger partial charge in [0.2, 0.25) is 0 Å². The average Bonchev–Trinajstić information content (AvgIpc) is 2.31. The Kier molecular flexibility index (Phi) is 3.69. The van der Waals surface area contributed by atoms with Crippen LogP contribution in [-0.2, 0) is 0 Å². The van der Waals surface area contributed by atoms with Gasteiger partial charge >= 0.3 is 5.69 Å². The minimum Gasteiger partial charge on any atom is -0.508 e. The molecule has 0 atom stereocenters. The Morgan fingerprint density at radius 2 is 2.17 bits per heavy atom. The van der Waals surface area contributed by atoms with Gasteiger partial charge in [-0.2, -0.15) is 0 Å². The van der Waals surface area contributed by atoms with E-state index in [1.807, 2.05) is 0 Å². The molecular weight excluding hydrogens is 276 g/mol. The molecule has 5 nitrogen and oxygen atoms in total. The van der Waals surface area contributed by atoms with Gasteiger partial charge in [0.25, 0.3) is 0 Å². The van der Waals surface area contributed by atoms with Gasteiger partial charge in [-0.25, -0.2) is 4.98 Å². The van der Waals surface area contributed by atoms with E-state index >= 15 is 0 Å². The second-order valence-corrected chi connectivity index (χ2v) is 4.83. The lowest BCUT2D eigenvalue weighted by molar-refractivity contribution is -0.388. The van der Waals surface area contributed by atoms with E-state index in [2.05, 4.69) is 4.98 Å². The Labute approximate surface area is 112 Å². The Bertz CT molecular complexity index is 607. The highest BCUT2D eigenvalue weighted by atomic mass is 35.5. The molecule has 0 aliphatic rings. The molecule has 2 rings (SSSR count). The van der Waals surface area contributed by atoms with Crippen LogP contribution in [0.15, 0.2) is 46.5 Å². The summed E-state index contributed by atoms with van der Waals surface area (Å²) in [6.45, 7) is 0. The van der Waals surface area contributed by atoms with Gasteiger partial charge in [0.15, 0.2) is 5.03 Å². The van der Waals surface area contributed by atoms with Crippen LogP contribution >= 0.6 is 23.4 Å². The number of halogens is 1. The molecule has 1 N–H and O–H groups in total. The van der Waals surface area contributed by atoms with E-state index < -0.39 is 4.92 Å². The largest absolute Gasteiger partial charge is 0.508 e. The molecule has 0 saturated carbocycles. The summed E-state index contributed by atoms with van der Waals surface area (Å²) in [5.74, 6) is 0.0941. The summed E-state index contributed by atoms with van der Waals surface area (Å²) < 4.78 is 0. The molecule has 1 heterocycles. The third-order valence-corrected chi connectivity index (χ3v) is 3.23. The fourth-order valence-corrected chi connectivity index (χ4v) is 2.33. The van der Waals surface area contributed by atoms with E-state index in [1.54, 1.807) is 12.1 Å². The number of benzene rings is 1. The molecule has 18 heavy (non-hydrogen) atoms. The minimum absolute atomic E-state index is 0.0941. The van der Waals surface area contributed by atoms with Gasteiger partial charge in [0.05, 0.1) is 9.95 Å². The van der Waals surface area contributed by atoms with Crippen LogP contribution in [0.2, 0.25) is 5.02 Å². The molecule has 0 aliphatic carbocycles. The van der Waals surface area contributed by atoms with Crippen molar-refractivity contribution >= 4 is 29.1 Å². The third kappa shape index (κ3) is 2.91. The summed E-state index contributed by atoms with van der Waals surface area (Å²) in [5, 5.41) is 20.6. The van der Waals surface area contributed by atoms with E-state index in [0.717, 1.165) is 11.8 Å². The van der Waals surface area contributed by atoms with Crippen molar-refractivity contribution in [2.75, 3.05) is 0 Å². The Balaban J connectivity index is 2.37. The summed E-state index contributed by atoms with van der Waals surface area (Å²) in [6, 6.07) is 7.65. The number of pyridine rings is 1. The normalized spacial score (nSPS) is 10.3. The number of aromatic hydroxyl groups is 1. The van der Waals surface area contributed by atoms with Gasteiger partial charge in [0, 0.05) is 17.2 Å². The Morgan fingerprint density at radius 1 is 1.39 bits per heavy atom. The first-order valence-electron chi connectivity index (χ1n) is 4.83. The number of nitrogens with zero attached hydrogens (tertiary/aromatic N) is 2. The summed E-state index contributed by atoms with van der Waals surface area (Å²) in [5.41, 5.74) is -0.157. The Hall–Kier alpha value is -1.79. The number of phenolic OH excluding ortho intramolecular Hbond substituents is 1. The molecule has 0 spiro atoms. The maximum atomic E-state index is 10.9. The molecule has 0 bridgehead atoms. The van der Waals surface area contributed by atoms with Crippen molar-refractivity contribution in [2.24, 2.45) is 0 Å². The van der Waals surface area contributed by atoms with Crippen LogP contribution in [0.4, 0.5) is 5.69 Å². The first-order valence-corrected chi connectivity index (χ1v) is 6.02. The van der Waals surface area contributed by atoms with Crippen LogP contribution in [0.1, 0.15) is 0 Å². The molecular formula is C11H7ClN2O3S. The second kappa shape index (κ2) is 5.24. The summed E-state index contributed by atoms with van der Waals surface area (Å²) in [7, 11) is 0. The molecule has 1 aromatic heterocycles. The second-order valence-electron chi connectivity index (χ2n) is 3.33. The predicted molar refractivity (Wildman–Crippen MR) is 68.1 cm³/mol. The average molecular weight is 283 g/mol. The number of nitro groups is 1. The van der Waals surface area contributed by atoms with Gasteiger partial charge in [-0.05, 0) is 18.2 Å². The zero-order valence-electron chi connectivity index (χ0n) is 8.91. The van der Waals surface area contributed by atoms with Crippen LogP contribution in [-0.4, -0.2) is 15.0 Å². The highest BCUT2D eigenvalue weighted by Crippen LogP contribution is 2.35. The fourth-order valence-electron chi connectivity index (χ4n) is 1.28. The van der Waals surface area contributed by atoms with Gasteiger partial charge in [-0.15, -0.1) is 0 Å². The summed E-state index contributed by atoms with van der Waals surface area (Å²) in [4.78, 5) is 14.9. The lowest BCUT2D eigenvalue weighted by Crippen LogP contribution is -1.93. The number of hydrogen-bond donors (Lipinski definition) is 1. The summed E-state index contributed by atoms with van der Waals surface area (Å²) in [6.07, 6.45) is 1.35. The van der Waals surface area contributed by atoms with Crippen LogP contribution in [0, 0.1) is 10.1 Å². The van der Waals surface area contributed by atoms with Gasteiger partial charge < -0.3 is 5.11 Å². The molecule has 92 valence electrons. The van der Waals surface area contributed by atoms with Crippen molar-refractivity contribution < 1.29 is 10.0 Å². The van der Waals surface area contributed by atoms with Crippen LogP contribution < -0.4 is 0 Å². The quantitative estimate of drug-likeness (QED) is 0.689. The lowest BCUT2D eigenvalue weighted by Gasteiger charge is -2.02. The smallest absolute Gasteiger partial charge is 0.303 e. The molecule has 0 aliphatic heterocycles. The van der Waals surface area contributed by atoms with E-state index in [-0.39, 0.29) is 21.5 Å². The van der Waals surface area contributed by atoms with Crippen LogP contribution in [0.5, 0.6) is 5.75 Å². The van der Waals surface area contributed by atoms with E-state index in [9.17, 15) is 15.2 Å². The zero-order chi connectivity index (χ0) is 13.1. The van der Waals surface area contributed by atoms with Crippen molar-refractivity contribution in [3.05, 3.63) is 51.7 Å². The molecule has 1 aromatic carbocycles. The number of aromatic nitrogens is 1. The van der Waals surface area contributed by atoms with Crippen LogP contribution in [0.3, 0.4) is 0 Å². The van der Waals surface area contributed by atoms with Crippen molar-refractivity contribution in [2.45, 2.75) is 9.92 Å². The topological polar surface area (TPSA) is 76.3 Å². The fraction of sp³-hybridized carbons (Fsp3) is 0. The van der Waals surface area contributed by atoms with E-state index in [4.69, 9.17) is 11.6 Å². The molecule has 0 amide bonds. The lowest BCUT2D eigenvalue weighted by atomic mass is 10.3. The standard InChI is InChI=1S/C11H7ClN2O3S/c12-7-4-10(14(16)17)11(13-6-7)18-9-3-1-2-8(15)5-9/h1-6,15H. The first kappa shape index (κ1) is 12.7. The molecule has 0 unspecified atom stereocenters. The highest BCUT2D eigenvalue weighted by molar-refractivity contribution is 7.99. The summed E-state index contributed by atoms with van der Waals surface area (Å²) >= 11 is 6.77. The molecule has 0 saturated heterocycles. The van der Waals surface area contributed by atoms with Gasteiger partial charge in [0.1, 0.15) is 5.75 Å². The maximum absolute atomic E-state index is 10.9. The molecule has 2 aromatic rings. The zero-order valence-corrected chi connectivity index (χ0v) is 10.5. The first-order chi connectivity index (χ1) is 8.56. The van der Waals surface area contributed by atoms with E-state index in [1.165, 1.54) is 24.4 Å². The minimum atomic E-state index is -0.538. The molecule has 0 radical (unpaired) electrons. The van der Waals surface area contributed by atoms with Crippen LogP contribution in [0.25, 0.3) is 0 Å². The number of hydrogen-bond acceptors (Lipinski definition) is 5. The SMILES string of the molecule is O=[N+]([O-])c1cc(Cl)cnc1Sc1cccc(O)c1. The maximum Gasteiger partial charge on any atom is 0.303 e. The van der Waals surface area contributed by atoms with Crippen molar-refractivity contribution in [1.29, 1.82) is 0 Å². The van der Waals surface area contributed by atoms with Gasteiger partial charge in [-0.3, -0.25) is 10.1 Å². The van der Waals surface area contributed by atoms with E-state index in [0.29, 0.717) is 4.90 Å². The molecule has 7 heteroatoms. The van der Waals surface area contributed by atoms with Crippen molar-refractivity contribution in [3.8, 4) is 5.75 Å². The van der Waals surface area contributed by atoms with Gasteiger partial charge in [-0.1, -0.05) is 29.4 Å². The van der Waals surface area contributed by atoms with Crippen molar-refractivity contribution in [1.82, 2.24) is 4.98 Å². The van der Waals surface area contributed by atoms with Crippen molar-refractivity contribution in [3.63, 3.8) is 0 Å². The molecule has 0 fully saturated rings. The predicted octanol–water partition coefficient (Wildman–Crippen LogP) is 3.50. The highest BCUT2D eigenvalue weighted by Gasteiger charge is 2.17. The monoisotopic (exact) mass is 282 g/mol.